The molecule has 0 saturated heterocycles. The van der Waals surface area contributed by atoms with E-state index >= 15 is 0 Å². The first-order valence-electron chi connectivity index (χ1n) is 11.8. The molecule has 0 heterocycles. The smallest absolute Gasteiger partial charge is 0.159 e. The Morgan fingerprint density at radius 1 is 1.24 bits per heavy atom. The Morgan fingerprint density at radius 2 is 1.79 bits per heavy atom. The van der Waals surface area contributed by atoms with E-state index in [9.17, 15) is 10.1 Å². The Kier molecular flexibility index (Phi) is 16.4. The zero-order valence-electron chi connectivity index (χ0n) is 22.9. The molecule has 5 heteroatoms. The van der Waals surface area contributed by atoms with Crippen molar-refractivity contribution in [3.63, 3.8) is 0 Å². The van der Waals surface area contributed by atoms with Crippen molar-refractivity contribution < 1.29 is 4.79 Å². The second-order valence-corrected chi connectivity index (χ2v) is 8.96. The number of aryl methyl sites for hydroxylation is 1. The standard InChI is InChI=1S/C23H32N4O.C3H8.C2H6/c1-16-9-10-20(18(3)28)13-22(16)26-17(2)21(14-24)15-25-19(4)27(8)12-11-23(5,6)7;1-3-2;1-2/h9-10,13,15,26H,2,11-12H2,1,3-8H3;3H2,1-2H3;1-2H3/b21-15-,25-19?;;. The molecule has 33 heavy (non-hydrogen) atoms. The molecular weight excluding hydrogens is 408 g/mol. The molecule has 0 bridgehead atoms. The summed E-state index contributed by atoms with van der Waals surface area (Å²) in [6.45, 7) is 25.1. The number of aliphatic imine (C=N–C) groups is 1. The van der Waals surface area contributed by atoms with Gasteiger partial charge in [0.1, 0.15) is 11.9 Å². The van der Waals surface area contributed by atoms with Gasteiger partial charge in [-0.25, -0.2) is 4.99 Å². The van der Waals surface area contributed by atoms with E-state index in [0.717, 1.165) is 30.1 Å². The number of nitrogens with zero attached hydrogens (tertiary/aromatic N) is 3. The molecule has 5 nitrogen and oxygen atoms in total. The van der Waals surface area contributed by atoms with Crippen LogP contribution >= 0.6 is 0 Å². The van der Waals surface area contributed by atoms with E-state index in [1.807, 2.05) is 40.8 Å². The van der Waals surface area contributed by atoms with Crippen LogP contribution in [0, 0.1) is 23.7 Å². The van der Waals surface area contributed by atoms with E-state index in [1.165, 1.54) is 19.5 Å². The first kappa shape index (κ1) is 32.3. The molecule has 0 atom stereocenters. The van der Waals surface area contributed by atoms with Gasteiger partial charge in [0, 0.05) is 31.0 Å². The van der Waals surface area contributed by atoms with Crippen LogP contribution < -0.4 is 5.32 Å². The second kappa shape index (κ2) is 16.7. The van der Waals surface area contributed by atoms with E-state index in [0.29, 0.717) is 16.8 Å². The predicted octanol–water partition coefficient (Wildman–Crippen LogP) is 7.76. The fourth-order valence-corrected chi connectivity index (χ4v) is 2.30. The number of hydrogen-bond acceptors (Lipinski definition) is 4. The molecule has 0 radical (unpaired) electrons. The van der Waals surface area contributed by atoms with Crippen LogP contribution in [0.4, 0.5) is 5.69 Å². The van der Waals surface area contributed by atoms with Gasteiger partial charge in [0.25, 0.3) is 0 Å². The maximum atomic E-state index is 11.6. The normalized spacial score (nSPS) is 11.2. The number of Topliss-reactive ketones (excluding diaryl/α,β-unsaturated/α-hetero) is 1. The summed E-state index contributed by atoms with van der Waals surface area (Å²) >= 11 is 0. The van der Waals surface area contributed by atoms with Gasteiger partial charge in [-0.2, -0.15) is 5.26 Å². The molecule has 0 aliphatic rings. The third-order valence-corrected chi connectivity index (χ3v) is 4.51. The van der Waals surface area contributed by atoms with Crippen LogP contribution in [-0.4, -0.2) is 30.1 Å². The highest BCUT2D eigenvalue weighted by molar-refractivity contribution is 5.95. The van der Waals surface area contributed by atoms with Crippen molar-refractivity contribution in [2.24, 2.45) is 10.4 Å². The lowest BCUT2D eigenvalue weighted by Gasteiger charge is -2.24. The average Bonchev–Trinajstić information content (AvgIpc) is 2.75. The summed E-state index contributed by atoms with van der Waals surface area (Å²) in [6, 6.07) is 7.56. The van der Waals surface area contributed by atoms with Crippen molar-refractivity contribution in [3.8, 4) is 6.07 Å². The first-order valence-corrected chi connectivity index (χ1v) is 11.8. The van der Waals surface area contributed by atoms with Gasteiger partial charge < -0.3 is 10.2 Å². The first-order chi connectivity index (χ1) is 15.4. The largest absolute Gasteiger partial charge is 0.363 e. The van der Waals surface area contributed by atoms with Gasteiger partial charge in [-0.1, -0.05) is 73.6 Å². The molecule has 0 saturated carbocycles. The number of nitrogens with one attached hydrogen (secondary N) is 1. The predicted molar refractivity (Wildman–Crippen MR) is 145 cm³/mol. The molecule has 1 N–H and O–H groups in total. The lowest BCUT2D eigenvalue weighted by atomic mass is 9.92. The molecule has 0 spiro atoms. The number of anilines is 1. The van der Waals surface area contributed by atoms with Crippen LogP contribution in [0.15, 0.2) is 47.2 Å². The molecule has 1 rings (SSSR count). The van der Waals surface area contributed by atoms with Crippen LogP contribution in [0.2, 0.25) is 0 Å². The summed E-state index contributed by atoms with van der Waals surface area (Å²) in [4.78, 5) is 18.1. The third kappa shape index (κ3) is 14.0. The zero-order chi connectivity index (χ0) is 26.2. The number of amidine groups is 1. The van der Waals surface area contributed by atoms with E-state index in [1.54, 1.807) is 12.1 Å². The van der Waals surface area contributed by atoms with Crippen LogP contribution in [0.5, 0.6) is 0 Å². The topological polar surface area (TPSA) is 68.5 Å². The quantitative estimate of drug-likeness (QED) is 0.150. The fourth-order valence-electron chi connectivity index (χ4n) is 2.30. The maximum absolute atomic E-state index is 11.6. The number of carbonyl (C=O) groups excluding carboxylic acids is 1. The van der Waals surface area contributed by atoms with Gasteiger partial charge in [0.15, 0.2) is 5.78 Å². The highest BCUT2D eigenvalue weighted by Crippen LogP contribution is 2.21. The van der Waals surface area contributed by atoms with Crippen LogP contribution in [-0.2, 0) is 0 Å². The van der Waals surface area contributed by atoms with Gasteiger partial charge in [0.2, 0.25) is 0 Å². The second-order valence-electron chi connectivity index (χ2n) is 8.96. The Bertz CT molecular complexity index is 852. The molecule has 1 aromatic carbocycles. The summed E-state index contributed by atoms with van der Waals surface area (Å²) in [5.74, 6) is 0.822. The molecule has 0 aliphatic carbocycles. The Hall–Kier alpha value is -2.87. The van der Waals surface area contributed by atoms with E-state index in [4.69, 9.17) is 0 Å². The highest BCUT2D eigenvalue weighted by Gasteiger charge is 2.12. The Labute approximate surface area is 203 Å². The fraction of sp³-hybridized carbons (Fsp3) is 0.536. The molecular formula is C28H46N4O. The van der Waals surface area contributed by atoms with Crippen LogP contribution in [0.25, 0.3) is 0 Å². The summed E-state index contributed by atoms with van der Waals surface area (Å²) in [7, 11) is 1.99. The monoisotopic (exact) mass is 454 g/mol. The molecule has 0 unspecified atom stereocenters. The minimum atomic E-state index is -0.0109. The van der Waals surface area contributed by atoms with Crippen molar-refractivity contribution in [2.75, 3.05) is 18.9 Å². The number of nitriles is 1. The Morgan fingerprint density at radius 3 is 2.24 bits per heavy atom. The summed E-state index contributed by atoms with van der Waals surface area (Å²) in [5, 5.41) is 12.6. The SMILES string of the molecule is C=C(Nc1cc(C(C)=O)ccc1C)/C(C#N)=C\N=C(C)N(C)CCC(C)(C)C.CC.CCC. The number of hydrogen-bond donors (Lipinski definition) is 1. The number of carbonyl (C=O) groups is 1. The maximum Gasteiger partial charge on any atom is 0.159 e. The molecule has 0 amide bonds. The molecule has 1 aromatic rings. The zero-order valence-corrected chi connectivity index (χ0v) is 22.9. The van der Waals surface area contributed by atoms with Gasteiger partial charge in [-0.3, -0.25) is 4.79 Å². The van der Waals surface area contributed by atoms with E-state index < -0.39 is 0 Å². The van der Waals surface area contributed by atoms with Gasteiger partial charge in [-0.05, 0) is 44.2 Å². The highest BCUT2D eigenvalue weighted by atomic mass is 16.1. The lowest BCUT2D eigenvalue weighted by Crippen LogP contribution is -2.27. The molecule has 0 aliphatic heterocycles. The van der Waals surface area contributed by atoms with Gasteiger partial charge in [0.05, 0.1) is 11.3 Å². The molecule has 184 valence electrons. The number of rotatable bonds is 7. The summed E-state index contributed by atoms with van der Waals surface area (Å²) in [5.41, 5.74) is 3.37. The minimum Gasteiger partial charge on any atom is -0.363 e. The minimum absolute atomic E-state index is 0.0109. The van der Waals surface area contributed by atoms with E-state index in [-0.39, 0.29) is 11.2 Å². The number of allylic oxidation sites excluding steroid dienone is 1. The lowest BCUT2D eigenvalue weighted by molar-refractivity contribution is 0.101. The van der Waals surface area contributed by atoms with Crippen molar-refractivity contribution >= 4 is 17.3 Å². The number of ketones is 1. The van der Waals surface area contributed by atoms with Crippen LogP contribution in [0.3, 0.4) is 0 Å². The van der Waals surface area contributed by atoms with Crippen molar-refractivity contribution in [1.82, 2.24) is 4.90 Å². The van der Waals surface area contributed by atoms with Crippen molar-refractivity contribution in [3.05, 3.63) is 53.4 Å². The number of benzene rings is 1. The molecule has 0 aromatic heterocycles. The summed E-state index contributed by atoms with van der Waals surface area (Å²) < 4.78 is 0. The van der Waals surface area contributed by atoms with Crippen LogP contribution in [0.1, 0.15) is 91.1 Å². The van der Waals surface area contributed by atoms with Gasteiger partial charge >= 0.3 is 0 Å². The average molecular weight is 455 g/mol. The van der Waals surface area contributed by atoms with Gasteiger partial charge in [-0.15, -0.1) is 0 Å². The molecule has 0 fully saturated rings. The van der Waals surface area contributed by atoms with E-state index in [2.05, 4.69) is 62.5 Å². The third-order valence-electron chi connectivity index (χ3n) is 4.51. The van der Waals surface area contributed by atoms with Crippen molar-refractivity contribution in [2.45, 2.75) is 82.1 Å². The summed E-state index contributed by atoms with van der Waals surface area (Å²) in [6.07, 6.45) is 3.83. The van der Waals surface area contributed by atoms with Crippen molar-refractivity contribution in [1.29, 1.82) is 5.26 Å². The Balaban J connectivity index is 0.